The molecule has 2 heterocycles. The van der Waals surface area contributed by atoms with Crippen LogP contribution in [0.2, 0.25) is 0 Å². The Kier molecular flexibility index (Phi) is 7.17. The molecule has 0 unspecified atom stereocenters. The van der Waals surface area contributed by atoms with E-state index in [1.54, 1.807) is 0 Å². The predicted molar refractivity (Wildman–Crippen MR) is 231 cm³/mol. The van der Waals surface area contributed by atoms with E-state index in [9.17, 15) is 0 Å². The predicted octanol–water partition coefficient (Wildman–Crippen LogP) is 14.6. The molecule has 0 amide bonds. The number of aromatic nitrogens is 1. The standard InChI is InChI=1S/C52H34N2O/c1-3-14-35(15-4-1)36-28-31-40(32-29-36)53(48-26-12-24-45-44-22-9-10-25-47(44)54(51(45)48)39-18-5-2-6-19-39)41-20-11-17-38(34-41)42-23-13-27-49-50(42)46-33-30-37-16-7-8-21-43(37)52(46)55-49/h1-34H. The molecule has 0 spiro atoms. The third-order valence-electron chi connectivity index (χ3n) is 11.0. The van der Waals surface area contributed by atoms with E-state index in [1.165, 1.54) is 32.8 Å². The molecule has 0 saturated heterocycles. The first-order valence-corrected chi connectivity index (χ1v) is 18.8. The van der Waals surface area contributed by atoms with Crippen LogP contribution in [-0.4, -0.2) is 4.57 Å². The number of furan rings is 1. The van der Waals surface area contributed by atoms with Gasteiger partial charge in [-0.05, 0) is 88.3 Å². The van der Waals surface area contributed by atoms with Gasteiger partial charge in [-0.3, -0.25) is 0 Å². The number of hydrogen-bond donors (Lipinski definition) is 0. The van der Waals surface area contributed by atoms with Crippen LogP contribution in [0.25, 0.3) is 82.5 Å². The summed E-state index contributed by atoms with van der Waals surface area (Å²) in [4.78, 5) is 2.42. The summed E-state index contributed by atoms with van der Waals surface area (Å²) < 4.78 is 9.03. The van der Waals surface area contributed by atoms with Crippen molar-refractivity contribution in [2.75, 3.05) is 4.90 Å². The minimum Gasteiger partial charge on any atom is -0.455 e. The lowest BCUT2D eigenvalue weighted by molar-refractivity contribution is 0.673. The average molecular weight is 703 g/mol. The second-order valence-electron chi connectivity index (χ2n) is 14.1. The van der Waals surface area contributed by atoms with E-state index in [1.807, 2.05) is 0 Å². The number of fused-ring (bicyclic) bond motifs is 8. The van der Waals surface area contributed by atoms with Crippen molar-refractivity contribution in [3.8, 4) is 27.9 Å². The topological polar surface area (TPSA) is 21.3 Å². The van der Waals surface area contributed by atoms with Crippen LogP contribution < -0.4 is 4.90 Å². The Morgan fingerprint density at radius 3 is 1.95 bits per heavy atom. The molecule has 3 heteroatoms. The molecular weight excluding hydrogens is 669 g/mol. The summed E-state index contributed by atoms with van der Waals surface area (Å²) >= 11 is 0. The van der Waals surface area contributed by atoms with E-state index < -0.39 is 0 Å². The minimum atomic E-state index is 0.889. The molecule has 0 atom stereocenters. The minimum absolute atomic E-state index is 0.889. The molecule has 9 aromatic carbocycles. The molecule has 0 fully saturated rings. The summed E-state index contributed by atoms with van der Waals surface area (Å²) in [5.74, 6) is 0. The number of hydrogen-bond acceptors (Lipinski definition) is 2. The first-order valence-electron chi connectivity index (χ1n) is 18.8. The summed E-state index contributed by atoms with van der Waals surface area (Å²) in [6.45, 7) is 0. The number of benzene rings is 9. The SMILES string of the molecule is c1ccc(-c2ccc(N(c3cccc(-c4cccc5oc6c7ccccc7ccc6c45)c3)c3cccc4c5ccccc5n(-c5ccccc5)c34)cc2)cc1. The molecule has 0 radical (unpaired) electrons. The fraction of sp³-hybridized carbons (Fsp3) is 0. The van der Waals surface area contributed by atoms with Gasteiger partial charge in [-0.15, -0.1) is 0 Å². The van der Waals surface area contributed by atoms with Gasteiger partial charge >= 0.3 is 0 Å². The van der Waals surface area contributed by atoms with Gasteiger partial charge in [0.1, 0.15) is 11.2 Å². The Labute approximate surface area is 318 Å². The van der Waals surface area contributed by atoms with E-state index >= 15 is 0 Å². The lowest BCUT2D eigenvalue weighted by atomic mass is 9.97. The summed E-state index contributed by atoms with van der Waals surface area (Å²) in [5.41, 5.74) is 13.2. The van der Waals surface area contributed by atoms with Crippen molar-refractivity contribution < 1.29 is 4.42 Å². The van der Waals surface area contributed by atoms with Crippen molar-refractivity contribution in [2.45, 2.75) is 0 Å². The first-order chi connectivity index (χ1) is 27.3. The van der Waals surface area contributed by atoms with Gasteiger partial charge in [0.15, 0.2) is 0 Å². The van der Waals surface area contributed by atoms with Crippen LogP contribution in [0, 0.1) is 0 Å². The molecule has 258 valence electrons. The van der Waals surface area contributed by atoms with Crippen LogP contribution in [0.3, 0.4) is 0 Å². The van der Waals surface area contributed by atoms with Gasteiger partial charge in [0.2, 0.25) is 0 Å². The Hall–Kier alpha value is -7.36. The fourth-order valence-corrected chi connectivity index (χ4v) is 8.49. The number of nitrogens with zero attached hydrogens (tertiary/aromatic N) is 2. The Morgan fingerprint density at radius 1 is 0.418 bits per heavy atom. The summed E-state index contributed by atoms with van der Waals surface area (Å²) in [7, 11) is 0. The Balaban J connectivity index is 1.16. The maximum atomic E-state index is 6.61. The van der Waals surface area contributed by atoms with Crippen LogP contribution >= 0.6 is 0 Å². The number of para-hydroxylation sites is 3. The van der Waals surface area contributed by atoms with E-state index in [-0.39, 0.29) is 0 Å². The zero-order valence-corrected chi connectivity index (χ0v) is 29.9. The van der Waals surface area contributed by atoms with Gasteiger partial charge in [-0.2, -0.15) is 0 Å². The zero-order valence-electron chi connectivity index (χ0n) is 29.9. The van der Waals surface area contributed by atoms with Gasteiger partial charge in [-0.1, -0.05) is 146 Å². The zero-order chi connectivity index (χ0) is 36.3. The molecule has 3 nitrogen and oxygen atoms in total. The molecule has 0 aliphatic heterocycles. The molecule has 55 heavy (non-hydrogen) atoms. The van der Waals surface area contributed by atoms with Crippen LogP contribution in [0.5, 0.6) is 0 Å². The van der Waals surface area contributed by atoms with Gasteiger partial charge in [0, 0.05) is 44.0 Å². The molecule has 11 rings (SSSR count). The molecule has 11 aromatic rings. The Bertz CT molecular complexity index is 3190. The molecular formula is C52H34N2O. The number of anilines is 3. The van der Waals surface area contributed by atoms with Gasteiger partial charge < -0.3 is 13.9 Å². The molecule has 0 aliphatic carbocycles. The summed E-state index contributed by atoms with van der Waals surface area (Å²) in [6.07, 6.45) is 0. The maximum Gasteiger partial charge on any atom is 0.143 e. The highest BCUT2D eigenvalue weighted by Gasteiger charge is 2.22. The molecule has 0 saturated carbocycles. The summed E-state index contributed by atoms with van der Waals surface area (Å²) in [6, 6.07) is 73.9. The first kappa shape index (κ1) is 31.2. The van der Waals surface area contributed by atoms with E-state index in [2.05, 4.69) is 216 Å². The van der Waals surface area contributed by atoms with Crippen molar-refractivity contribution in [1.29, 1.82) is 0 Å². The second-order valence-corrected chi connectivity index (χ2v) is 14.1. The van der Waals surface area contributed by atoms with Crippen LogP contribution in [0.4, 0.5) is 17.1 Å². The van der Waals surface area contributed by atoms with Crippen molar-refractivity contribution in [1.82, 2.24) is 4.57 Å². The van der Waals surface area contributed by atoms with Crippen LogP contribution in [0.15, 0.2) is 211 Å². The van der Waals surface area contributed by atoms with Crippen molar-refractivity contribution in [3.05, 3.63) is 206 Å². The van der Waals surface area contributed by atoms with Gasteiger partial charge in [-0.25, -0.2) is 0 Å². The Morgan fingerprint density at radius 2 is 1.09 bits per heavy atom. The molecule has 0 N–H and O–H groups in total. The van der Waals surface area contributed by atoms with Crippen molar-refractivity contribution >= 4 is 71.6 Å². The highest BCUT2D eigenvalue weighted by molar-refractivity contribution is 6.19. The molecule has 0 bridgehead atoms. The largest absolute Gasteiger partial charge is 0.455 e. The van der Waals surface area contributed by atoms with E-state index in [4.69, 9.17) is 4.42 Å². The second kappa shape index (κ2) is 12.6. The van der Waals surface area contributed by atoms with Gasteiger partial charge in [0.25, 0.3) is 0 Å². The quantitative estimate of drug-likeness (QED) is 0.172. The lowest BCUT2D eigenvalue weighted by Gasteiger charge is -2.28. The third kappa shape index (κ3) is 5.05. The number of rotatable bonds is 6. The third-order valence-corrected chi connectivity index (χ3v) is 11.0. The van der Waals surface area contributed by atoms with Crippen molar-refractivity contribution in [3.63, 3.8) is 0 Å². The van der Waals surface area contributed by atoms with Crippen LogP contribution in [-0.2, 0) is 0 Å². The fourth-order valence-electron chi connectivity index (χ4n) is 8.49. The highest BCUT2D eigenvalue weighted by atomic mass is 16.3. The average Bonchev–Trinajstić information content (AvgIpc) is 3.82. The maximum absolute atomic E-state index is 6.61. The monoisotopic (exact) mass is 702 g/mol. The van der Waals surface area contributed by atoms with E-state index in [0.29, 0.717) is 0 Å². The highest BCUT2D eigenvalue weighted by Crippen LogP contribution is 2.45. The summed E-state index contributed by atoms with van der Waals surface area (Å²) in [5, 5.41) is 6.99. The molecule has 0 aliphatic rings. The lowest BCUT2D eigenvalue weighted by Crippen LogP contribution is -2.11. The normalized spacial score (nSPS) is 11.6. The van der Waals surface area contributed by atoms with Crippen LogP contribution in [0.1, 0.15) is 0 Å². The van der Waals surface area contributed by atoms with Crippen molar-refractivity contribution in [2.24, 2.45) is 0 Å². The smallest absolute Gasteiger partial charge is 0.143 e. The molecule has 2 aromatic heterocycles. The van der Waals surface area contributed by atoms with E-state index in [0.717, 1.165) is 66.7 Å². The van der Waals surface area contributed by atoms with Gasteiger partial charge in [0.05, 0.1) is 16.7 Å².